The minimum atomic E-state index is -0.926. The fourth-order valence-corrected chi connectivity index (χ4v) is 2.56. The third-order valence-corrected chi connectivity index (χ3v) is 4.01. The van der Waals surface area contributed by atoms with Gasteiger partial charge in [-0.2, -0.15) is 11.3 Å². The molecule has 18 heavy (non-hydrogen) atoms. The average Bonchev–Trinajstić information content (AvgIpc) is 2.91. The molecule has 0 aliphatic heterocycles. The highest BCUT2D eigenvalue weighted by atomic mass is 32.1. The van der Waals surface area contributed by atoms with E-state index in [0.717, 1.165) is 5.56 Å². The molecule has 1 rings (SSSR count). The summed E-state index contributed by atoms with van der Waals surface area (Å²) in [5, 5.41) is 18.6. The first kappa shape index (κ1) is 14.5. The van der Waals surface area contributed by atoms with E-state index in [1.165, 1.54) is 0 Å². The van der Waals surface area contributed by atoms with Crippen LogP contribution < -0.4 is 11.1 Å². The molecule has 0 saturated carbocycles. The Hall–Kier alpha value is -1.56. The Morgan fingerprint density at radius 3 is 2.67 bits per heavy atom. The smallest absolute Gasteiger partial charge is 0.234 e. The molecule has 0 fully saturated rings. The maximum absolute atomic E-state index is 12.2. The van der Waals surface area contributed by atoms with Gasteiger partial charge in [0, 0.05) is 6.54 Å². The average molecular weight is 269 g/mol. The first-order valence-electron chi connectivity index (χ1n) is 5.88. The van der Waals surface area contributed by atoms with Crippen molar-refractivity contribution in [3.05, 3.63) is 22.4 Å². The van der Waals surface area contributed by atoms with E-state index in [1.54, 1.807) is 11.3 Å². The number of nitrogens with one attached hydrogen (secondary N) is 1. The standard InChI is InChI=1S/C12H19N3O2S/c1-3-12(4-2,10(13)15-17)11(16)14-7-9-5-6-18-8-9/h5-6,8,17H,3-4,7H2,1-2H3,(H2,13,15)(H,14,16). The number of amides is 1. The van der Waals surface area contributed by atoms with Gasteiger partial charge in [0.05, 0.1) is 0 Å². The summed E-state index contributed by atoms with van der Waals surface area (Å²) in [7, 11) is 0. The number of thiophene rings is 1. The summed E-state index contributed by atoms with van der Waals surface area (Å²) in [4.78, 5) is 12.2. The highest BCUT2D eigenvalue weighted by molar-refractivity contribution is 7.07. The summed E-state index contributed by atoms with van der Waals surface area (Å²) in [6.45, 7) is 4.17. The van der Waals surface area contributed by atoms with Gasteiger partial charge in [0.2, 0.25) is 5.91 Å². The lowest BCUT2D eigenvalue weighted by Gasteiger charge is -2.28. The Morgan fingerprint density at radius 2 is 2.22 bits per heavy atom. The van der Waals surface area contributed by atoms with Crippen LogP contribution in [0.25, 0.3) is 0 Å². The lowest BCUT2D eigenvalue weighted by Crippen LogP contribution is -2.49. The molecular weight excluding hydrogens is 250 g/mol. The first-order valence-corrected chi connectivity index (χ1v) is 6.82. The van der Waals surface area contributed by atoms with E-state index in [0.29, 0.717) is 19.4 Å². The molecule has 0 bridgehead atoms. The van der Waals surface area contributed by atoms with Crippen LogP contribution in [0.5, 0.6) is 0 Å². The Morgan fingerprint density at radius 1 is 1.56 bits per heavy atom. The number of oxime groups is 1. The molecule has 6 heteroatoms. The molecule has 1 aromatic heterocycles. The molecule has 1 amide bonds. The van der Waals surface area contributed by atoms with Crippen LogP contribution in [-0.2, 0) is 11.3 Å². The van der Waals surface area contributed by atoms with Crippen molar-refractivity contribution in [1.82, 2.24) is 5.32 Å². The third-order valence-electron chi connectivity index (χ3n) is 3.27. The van der Waals surface area contributed by atoms with Gasteiger partial charge in [-0.1, -0.05) is 19.0 Å². The van der Waals surface area contributed by atoms with E-state index in [-0.39, 0.29) is 11.7 Å². The maximum atomic E-state index is 12.2. The maximum Gasteiger partial charge on any atom is 0.234 e. The summed E-state index contributed by atoms with van der Waals surface area (Å²) in [5.74, 6) is -0.232. The van der Waals surface area contributed by atoms with Crippen LogP contribution in [0.2, 0.25) is 0 Å². The lowest BCUT2D eigenvalue weighted by atomic mass is 9.80. The number of carbonyl (C=O) groups excluding carboxylic acids is 1. The van der Waals surface area contributed by atoms with E-state index in [4.69, 9.17) is 10.9 Å². The normalized spacial score (nSPS) is 12.4. The van der Waals surface area contributed by atoms with Crippen LogP contribution in [0.4, 0.5) is 0 Å². The zero-order valence-electron chi connectivity index (χ0n) is 10.6. The monoisotopic (exact) mass is 269 g/mol. The van der Waals surface area contributed by atoms with Gasteiger partial charge in [-0.15, -0.1) is 0 Å². The van der Waals surface area contributed by atoms with E-state index < -0.39 is 5.41 Å². The Labute approximate surface area is 111 Å². The minimum absolute atomic E-state index is 0.0321. The van der Waals surface area contributed by atoms with Gasteiger partial charge < -0.3 is 16.3 Å². The number of hydrogen-bond acceptors (Lipinski definition) is 4. The van der Waals surface area contributed by atoms with Crippen molar-refractivity contribution < 1.29 is 10.0 Å². The molecule has 0 saturated heterocycles. The molecule has 0 aliphatic carbocycles. The van der Waals surface area contributed by atoms with Crippen LogP contribution in [0.1, 0.15) is 32.3 Å². The second-order valence-electron chi connectivity index (χ2n) is 4.09. The fraction of sp³-hybridized carbons (Fsp3) is 0.500. The number of rotatable bonds is 6. The van der Waals surface area contributed by atoms with Gasteiger partial charge in [-0.3, -0.25) is 4.79 Å². The zero-order chi connectivity index (χ0) is 13.6. The number of nitrogens with two attached hydrogens (primary N) is 1. The molecule has 0 unspecified atom stereocenters. The van der Waals surface area contributed by atoms with Gasteiger partial charge in [0.15, 0.2) is 5.84 Å². The van der Waals surface area contributed by atoms with Crippen LogP contribution in [-0.4, -0.2) is 17.0 Å². The molecule has 0 atom stereocenters. The van der Waals surface area contributed by atoms with Crippen molar-refractivity contribution >= 4 is 23.1 Å². The second-order valence-corrected chi connectivity index (χ2v) is 4.87. The molecule has 0 spiro atoms. The van der Waals surface area contributed by atoms with E-state index >= 15 is 0 Å². The zero-order valence-corrected chi connectivity index (χ0v) is 11.5. The molecule has 1 aromatic rings. The van der Waals surface area contributed by atoms with Crippen molar-refractivity contribution in [1.29, 1.82) is 0 Å². The molecule has 100 valence electrons. The fourth-order valence-electron chi connectivity index (χ4n) is 1.89. The predicted octanol–water partition coefficient (Wildman–Crippen LogP) is 1.92. The number of nitrogens with zero attached hydrogens (tertiary/aromatic N) is 1. The van der Waals surface area contributed by atoms with Crippen LogP contribution in [0.15, 0.2) is 22.0 Å². The van der Waals surface area contributed by atoms with Crippen molar-refractivity contribution in [2.75, 3.05) is 0 Å². The summed E-state index contributed by atoms with van der Waals surface area (Å²) >= 11 is 1.58. The first-order chi connectivity index (χ1) is 8.60. The Bertz CT molecular complexity index is 411. The van der Waals surface area contributed by atoms with E-state index in [1.807, 2.05) is 30.7 Å². The Kier molecular flexibility index (Phi) is 5.15. The Balaban J connectivity index is 2.77. The number of amidine groups is 1. The molecule has 1 heterocycles. The molecular formula is C12H19N3O2S. The predicted molar refractivity (Wildman–Crippen MR) is 72.6 cm³/mol. The molecule has 0 radical (unpaired) electrons. The van der Waals surface area contributed by atoms with Crippen LogP contribution in [0.3, 0.4) is 0 Å². The lowest BCUT2D eigenvalue weighted by molar-refractivity contribution is -0.128. The number of hydrogen-bond donors (Lipinski definition) is 3. The minimum Gasteiger partial charge on any atom is -0.409 e. The quantitative estimate of drug-likeness (QED) is 0.319. The summed E-state index contributed by atoms with van der Waals surface area (Å²) in [6.07, 6.45) is 0.990. The SMILES string of the molecule is CCC(CC)(C(=O)NCc1ccsc1)C(N)=NO. The molecule has 5 nitrogen and oxygen atoms in total. The third kappa shape index (κ3) is 2.81. The van der Waals surface area contributed by atoms with E-state index in [2.05, 4.69) is 10.5 Å². The summed E-state index contributed by atoms with van der Waals surface area (Å²) in [6, 6.07) is 1.95. The summed E-state index contributed by atoms with van der Waals surface area (Å²) in [5.41, 5.74) is 5.79. The highest BCUT2D eigenvalue weighted by Crippen LogP contribution is 2.27. The van der Waals surface area contributed by atoms with Crippen molar-refractivity contribution in [2.24, 2.45) is 16.3 Å². The van der Waals surface area contributed by atoms with Crippen molar-refractivity contribution in [3.63, 3.8) is 0 Å². The van der Waals surface area contributed by atoms with Gasteiger partial charge >= 0.3 is 0 Å². The van der Waals surface area contributed by atoms with E-state index in [9.17, 15) is 4.79 Å². The molecule has 4 N–H and O–H groups in total. The molecule has 0 aromatic carbocycles. The van der Waals surface area contributed by atoms with Gasteiger partial charge in [-0.25, -0.2) is 0 Å². The van der Waals surface area contributed by atoms with Crippen molar-refractivity contribution in [2.45, 2.75) is 33.2 Å². The van der Waals surface area contributed by atoms with Gasteiger partial charge in [-0.05, 0) is 35.2 Å². The van der Waals surface area contributed by atoms with Crippen molar-refractivity contribution in [3.8, 4) is 0 Å². The number of carbonyl (C=O) groups is 1. The second kappa shape index (κ2) is 6.39. The molecule has 0 aliphatic rings. The van der Waals surface area contributed by atoms with Gasteiger partial charge in [0.25, 0.3) is 0 Å². The van der Waals surface area contributed by atoms with Crippen LogP contribution in [0, 0.1) is 5.41 Å². The topological polar surface area (TPSA) is 87.7 Å². The van der Waals surface area contributed by atoms with Crippen LogP contribution >= 0.6 is 11.3 Å². The van der Waals surface area contributed by atoms with Gasteiger partial charge in [0.1, 0.15) is 5.41 Å². The highest BCUT2D eigenvalue weighted by Gasteiger charge is 2.39. The largest absolute Gasteiger partial charge is 0.409 e. The summed E-state index contributed by atoms with van der Waals surface area (Å²) < 4.78 is 0.